The highest BCUT2D eigenvalue weighted by molar-refractivity contribution is 7.90. The number of rotatable bonds is 5. The number of aromatic nitrogens is 2. The summed E-state index contributed by atoms with van der Waals surface area (Å²) in [5.41, 5.74) is 8.63. The molecule has 0 amide bonds. The predicted molar refractivity (Wildman–Crippen MR) is 83.8 cm³/mol. The molecule has 0 aliphatic rings. The summed E-state index contributed by atoms with van der Waals surface area (Å²) in [5, 5.41) is 4.39. The Morgan fingerprint density at radius 1 is 1.29 bits per heavy atom. The van der Waals surface area contributed by atoms with Crippen molar-refractivity contribution >= 4 is 15.5 Å². The fraction of sp³-hybridized carbons (Fsp3) is 0.400. The standard InChI is InChI=1S/C15H21N3O2S/c1-4-12-9-13(18(5-2)17-12)10-21(19,20)14-8-6-7-11(3)15(14)16/h6-9H,4-5,10,16H2,1-3H3. The Bertz CT molecular complexity index is 748. The van der Waals surface area contributed by atoms with E-state index in [-0.39, 0.29) is 10.6 Å². The zero-order valence-corrected chi connectivity index (χ0v) is 13.4. The molecule has 0 fully saturated rings. The second kappa shape index (κ2) is 5.89. The van der Waals surface area contributed by atoms with E-state index in [1.807, 2.05) is 19.9 Å². The number of sulfone groups is 1. The molecule has 5 nitrogen and oxygen atoms in total. The third-order valence-electron chi connectivity index (χ3n) is 3.53. The van der Waals surface area contributed by atoms with E-state index < -0.39 is 9.84 Å². The number of benzene rings is 1. The predicted octanol–water partition coefficient (Wildman–Crippen LogP) is 2.33. The average molecular weight is 307 g/mol. The molecule has 114 valence electrons. The summed E-state index contributed by atoms with van der Waals surface area (Å²) in [4.78, 5) is 0.199. The zero-order valence-electron chi connectivity index (χ0n) is 12.6. The lowest BCUT2D eigenvalue weighted by atomic mass is 10.2. The third kappa shape index (κ3) is 3.10. The van der Waals surface area contributed by atoms with Gasteiger partial charge in [-0.05, 0) is 38.0 Å². The minimum atomic E-state index is -3.48. The summed E-state index contributed by atoms with van der Waals surface area (Å²) in [7, 11) is -3.48. The van der Waals surface area contributed by atoms with Crippen molar-refractivity contribution < 1.29 is 8.42 Å². The van der Waals surface area contributed by atoms with Crippen LogP contribution in [-0.4, -0.2) is 18.2 Å². The molecule has 0 radical (unpaired) electrons. The molecular formula is C15H21N3O2S. The average Bonchev–Trinajstić information content (AvgIpc) is 2.83. The van der Waals surface area contributed by atoms with Gasteiger partial charge in [-0.1, -0.05) is 19.1 Å². The SMILES string of the molecule is CCc1cc(CS(=O)(=O)c2cccc(C)c2N)n(CC)n1. The molecule has 0 unspecified atom stereocenters. The van der Waals surface area contributed by atoms with E-state index in [2.05, 4.69) is 5.10 Å². The van der Waals surface area contributed by atoms with Gasteiger partial charge in [0.05, 0.1) is 27.7 Å². The highest BCUT2D eigenvalue weighted by Gasteiger charge is 2.21. The van der Waals surface area contributed by atoms with E-state index >= 15 is 0 Å². The summed E-state index contributed by atoms with van der Waals surface area (Å²) < 4.78 is 27.0. The first-order chi connectivity index (χ1) is 9.89. The van der Waals surface area contributed by atoms with Gasteiger partial charge >= 0.3 is 0 Å². The summed E-state index contributed by atoms with van der Waals surface area (Å²) in [6, 6.07) is 6.94. The molecule has 1 heterocycles. The smallest absolute Gasteiger partial charge is 0.186 e. The molecule has 21 heavy (non-hydrogen) atoms. The lowest BCUT2D eigenvalue weighted by Crippen LogP contribution is -2.12. The number of nitrogens with two attached hydrogens (primary N) is 1. The van der Waals surface area contributed by atoms with E-state index in [9.17, 15) is 8.42 Å². The highest BCUT2D eigenvalue weighted by atomic mass is 32.2. The minimum absolute atomic E-state index is 0.0819. The fourth-order valence-electron chi connectivity index (χ4n) is 2.28. The van der Waals surface area contributed by atoms with Crippen LogP contribution in [0.3, 0.4) is 0 Å². The summed E-state index contributed by atoms with van der Waals surface area (Å²) in [6.07, 6.45) is 0.784. The van der Waals surface area contributed by atoms with Crippen molar-refractivity contribution in [1.29, 1.82) is 0 Å². The maximum absolute atomic E-state index is 12.6. The van der Waals surface area contributed by atoms with Crippen molar-refractivity contribution in [3.8, 4) is 0 Å². The van der Waals surface area contributed by atoms with Crippen molar-refractivity contribution in [1.82, 2.24) is 9.78 Å². The highest BCUT2D eigenvalue weighted by Crippen LogP contribution is 2.25. The molecule has 2 aromatic rings. The van der Waals surface area contributed by atoms with Gasteiger partial charge in [0.1, 0.15) is 0 Å². The van der Waals surface area contributed by atoms with E-state index in [1.54, 1.807) is 29.8 Å². The quantitative estimate of drug-likeness (QED) is 0.860. The van der Waals surface area contributed by atoms with Crippen LogP contribution in [0, 0.1) is 6.92 Å². The number of para-hydroxylation sites is 1. The molecule has 1 aromatic heterocycles. The van der Waals surface area contributed by atoms with Crippen molar-refractivity contribution in [2.45, 2.75) is 44.4 Å². The number of hydrogen-bond acceptors (Lipinski definition) is 4. The number of nitrogens with zero attached hydrogens (tertiary/aromatic N) is 2. The van der Waals surface area contributed by atoms with Gasteiger partial charge in [0.25, 0.3) is 0 Å². The number of aryl methyl sites for hydroxylation is 3. The molecule has 0 aliphatic carbocycles. The van der Waals surface area contributed by atoms with Gasteiger partial charge < -0.3 is 5.73 Å². The van der Waals surface area contributed by atoms with Gasteiger partial charge in [0.2, 0.25) is 0 Å². The van der Waals surface area contributed by atoms with E-state index in [0.29, 0.717) is 17.9 Å². The summed E-state index contributed by atoms with van der Waals surface area (Å²) >= 11 is 0. The minimum Gasteiger partial charge on any atom is -0.397 e. The third-order valence-corrected chi connectivity index (χ3v) is 5.23. The fourth-order valence-corrected chi connectivity index (χ4v) is 3.83. The molecule has 2 rings (SSSR count). The van der Waals surface area contributed by atoms with E-state index in [0.717, 1.165) is 17.7 Å². The number of nitrogen functional groups attached to an aromatic ring is 1. The molecule has 6 heteroatoms. The Labute approximate surface area is 125 Å². The van der Waals surface area contributed by atoms with Crippen molar-refractivity contribution in [3.63, 3.8) is 0 Å². The molecule has 0 aliphatic heterocycles. The van der Waals surface area contributed by atoms with Crippen molar-refractivity contribution in [2.75, 3.05) is 5.73 Å². The zero-order chi connectivity index (χ0) is 15.6. The first kappa shape index (κ1) is 15.6. The van der Waals surface area contributed by atoms with Crippen LogP contribution in [0.2, 0.25) is 0 Å². The van der Waals surface area contributed by atoms with Gasteiger partial charge in [0.15, 0.2) is 9.84 Å². The second-order valence-electron chi connectivity index (χ2n) is 5.04. The molecule has 0 spiro atoms. The van der Waals surface area contributed by atoms with Crippen LogP contribution < -0.4 is 5.73 Å². The van der Waals surface area contributed by atoms with Crippen LogP contribution in [0.1, 0.15) is 30.8 Å². The number of hydrogen-bond donors (Lipinski definition) is 1. The molecular weight excluding hydrogens is 286 g/mol. The maximum Gasteiger partial charge on any atom is 0.186 e. The Morgan fingerprint density at radius 3 is 2.62 bits per heavy atom. The van der Waals surface area contributed by atoms with Crippen LogP contribution in [0.25, 0.3) is 0 Å². The van der Waals surface area contributed by atoms with Gasteiger partial charge in [-0.2, -0.15) is 5.10 Å². The Balaban J connectivity index is 2.42. The van der Waals surface area contributed by atoms with E-state index in [1.165, 1.54) is 0 Å². The Kier molecular flexibility index (Phi) is 4.37. The second-order valence-corrected chi connectivity index (χ2v) is 7.00. The Morgan fingerprint density at radius 2 is 2.00 bits per heavy atom. The summed E-state index contributed by atoms with van der Waals surface area (Å²) in [6.45, 7) is 6.40. The maximum atomic E-state index is 12.6. The van der Waals surface area contributed by atoms with Crippen LogP contribution in [-0.2, 0) is 28.6 Å². The largest absolute Gasteiger partial charge is 0.397 e. The molecule has 0 bridgehead atoms. The summed E-state index contributed by atoms with van der Waals surface area (Å²) in [5.74, 6) is -0.0819. The first-order valence-electron chi connectivity index (χ1n) is 7.02. The molecule has 0 saturated carbocycles. The van der Waals surface area contributed by atoms with Crippen LogP contribution >= 0.6 is 0 Å². The van der Waals surface area contributed by atoms with Gasteiger partial charge in [0, 0.05) is 6.54 Å². The van der Waals surface area contributed by atoms with Gasteiger partial charge in [-0.3, -0.25) is 4.68 Å². The Hall–Kier alpha value is -1.82. The normalized spacial score (nSPS) is 11.8. The molecule has 2 N–H and O–H groups in total. The van der Waals surface area contributed by atoms with Crippen LogP contribution in [0.5, 0.6) is 0 Å². The molecule has 1 aromatic carbocycles. The topological polar surface area (TPSA) is 78.0 Å². The van der Waals surface area contributed by atoms with Crippen molar-refractivity contribution in [2.24, 2.45) is 0 Å². The van der Waals surface area contributed by atoms with E-state index in [4.69, 9.17) is 5.73 Å². The van der Waals surface area contributed by atoms with Crippen LogP contribution in [0.4, 0.5) is 5.69 Å². The molecule has 0 atom stereocenters. The van der Waals surface area contributed by atoms with Gasteiger partial charge in [-0.25, -0.2) is 8.42 Å². The lowest BCUT2D eigenvalue weighted by Gasteiger charge is -2.10. The van der Waals surface area contributed by atoms with Gasteiger partial charge in [-0.15, -0.1) is 0 Å². The monoisotopic (exact) mass is 307 g/mol. The van der Waals surface area contributed by atoms with Crippen molar-refractivity contribution in [3.05, 3.63) is 41.2 Å². The molecule has 0 saturated heterocycles. The number of anilines is 1. The lowest BCUT2D eigenvalue weighted by molar-refractivity contribution is 0.585. The first-order valence-corrected chi connectivity index (χ1v) is 8.67. The van der Waals surface area contributed by atoms with Crippen LogP contribution in [0.15, 0.2) is 29.2 Å².